The Bertz CT molecular complexity index is 400. The van der Waals surface area contributed by atoms with E-state index in [0.29, 0.717) is 6.04 Å². The molecule has 1 fully saturated rings. The van der Waals surface area contributed by atoms with Crippen LogP contribution in [0.2, 0.25) is 0 Å². The van der Waals surface area contributed by atoms with E-state index in [-0.39, 0.29) is 0 Å². The van der Waals surface area contributed by atoms with Crippen molar-refractivity contribution in [1.29, 1.82) is 0 Å². The van der Waals surface area contributed by atoms with Gasteiger partial charge in [-0.15, -0.1) is 0 Å². The van der Waals surface area contributed by atoms with Crippen LogP contribution >= 0.6 is 0 Å². The molecule has 1 aliphatic carbocycles. The van der Waals surface area contributed by atoms with Gasteiger partial charge >= 0.3 is 0 Å². The van der Waals surface area contributed by atoms with Gasteiger partial charge in [0.25, 0.3) is 0 Å². The first-order chi connectivity index (χ1) is 9.19. The van der Waals surface area contributed by atoms with Gasteiger partial charge < -0.3 is 14.8 Å². The minimum absolute atomic E-state index is 0.474. The molecule has 1 aliphatic rings. The molecule has 1 N–H and O–H groups in total. The number of nitrogens with one attached hydrogen (secondary N) is 1. The fraction of sp³-hybridized carbons (Fsp3) is 0.625. The molecule has 3 heteroatoms. The Morgan fingerprint density at radius 1 is 1.32 bits per heavy atom. The minimum atomic E-state index is 0.474. The van der Waals surface area contributed by atoms with Crippen molar-refractivity contribution in [2.75, 3.05) is 13.7 Å². The Morgan fingerprint density at radius 3 is 2.68 bits per heavy atom. The Labute approximate surface area is 116 Å². The fourth-order valence-corrected chi connectivity index (χ4v) is 2.12. The molecular formula is C16H25NO2. The van der Waals surface area contributed by atoms with E-state index >= 15 is 0 Å². The molecule has 19 heavy (non-hydrogen) atoms. The van der Waals surface area contributed by atoms with Crippen LogP contribution in [0.4, 0.5) is 0 Å². The van der Waals surface area contributed by atoms with Crippen molar-refractivity contribution in [3.63, 3.8) is 0 Å². The zero-order valence-electron chi connectivity index (χ0n) is 12.2. The third-order valence-corrected chi connectivity index (χ3v) is 3.67. The van der Waals surface area contributed by atoms with Gasteiger partial charge in [-0.25, -0.2) is 0 Å². The lowest BCUT2D eigenvalue weighted by atomic mass is 9.86. The van der Waals surface area contributed by atoms with Gasteiger partial charge in [-0.3, -0.25) is 0 Å². The van der Waals surface area contributed by atoms with E-state index in [1.807, 2.05) is 12.1 Å². The van der Waals surface area contributed by atoms with Crippen molar-refractivity contribution in [2.24, 2.45) is 5.92 Å². The Morgan fingerprint density at radius 2 is 2.11 bits per heavy atom. The Hall–Kier alpha value is -1.22. The normalized spacial score (nSPS) is 15.4. The third-order valence-electron chi connectivity index (χ3n) is 3.67. The highest BCUT2D eigenvalue weighted by molar-refractivity contribution is 5.40. The second-order valence-electron chi connectivity index (χ2n) is 5.62. The summed E-state index contributed by atoms with van der Waals surface area (Å²) in [5.41, 5.74) is 1.20. The van der Waals surface area contributed by atoms with E-state index in [4.69, 9.17) is 9.47 Å². The van der Waals surface area contributed by atoms with Crippen molar-refractivity contribution >= 4 is 0 Å². The average molecular weight is 263 g/mol. The lowest BCUT2D eigenvalue weighted by Gasteiger charge is -2.26. The summed E-state index contributed by atoms with van der Waals surface area (Å²) in [5.74, 6) is 2.56. The van der Waals surface area contributed by atoms with Crippen LogP contribution in [0, 0.1) is 5.92 Å². The molecule has 0 spiro atoms. The standard InChI is InChI=1S/C16H25NO2/c1-12(2)17-10-14-7-8-15(18-3)9-16(14)19-11-13-5-4-6-13/h7-9,12-13,17H,4-6,10-11H2,1-3H3. The molecule has 106 valence electrons. The summed E-state index contributed by atoms with van der Waals surface area (Å²) in [7, 11) is 1.69. The van der Waals surface area contributed by atoms with Crippen molar-refractivity contribution < 1.29 is 9.47 Å². The summed E-state index contributed by atoms with van der Waals surface area (Å²) < 4.78 is 11.3. The molecule has 1 aromatic rings. The molecule has 0 heterocycles. The molecule has 0 amide bonds. The highest BCUT2D eigenvalue weighted by Crippen LogP contribution is 2.30. The molecule has 1 aromatic carbocycles. The van der Waals surface area contributed by atoms with Gasteiger partial charge in [-0.2, -0.15) is 0 Å². The van der Waals surface area contributed by atoms with Crippen LogP contribution in [0.15, 0.2) is 18.2 Å². The number of rotatable bonds is 7. The molecular weight excluding hydrogens is 238 g/mol. The van der Waals surface area contributed by atoms with Crippen LogP contribution in [-0.2, 0) is 6.54 Å². The minimum Gasteiger partial charge on any atom is -0.497 e. The number of benzene rings is 1. The second kappa shape index (κ2) is 6.80. The van der Waals surface area contributed by atoms with Gasteiger partial charge in [0.1, 0.15) is 11.5 Å². The van der Waals surface area contributed by atoms with Crippen LogP contribution in [0.1, 0.15) is 38.7 Å². The Kier molecular flexibility index (Phi) is 5.08. The smallest absolute Gasteiger partial charge is 0.127 e. The monoisotopic (exact) mass is 263 g/mol. The molecule has 0 unspecified atom stereocenters. The first kappa shape index (κ1) is 14.2. The maximum Gasteiger partial charge on any atom is 0.127 e. The van der Waals surface area contributed by atoms with E-state index < -0.39 is 0 Å². The highest BCUT2D eigenvalue weighted by atomic mass is 16.5. The van der Waals surface area contributed by atoms with Gasteiger partial charge in [0.05, 0.1) is 13.7 Å². The van der Waals surface area contributed by atoms with E-state index in [2.05, 4.69) is 25.2 Å². The average Bonchev–Trinajstić information content (AvgIpc) is 2.35. The highest BCUT2D eigenvalue weighted by Gasteiger charge is 2.18. The van der Waals surface area contributed by atoms with Gasteiger partial charge in [0.15, 0.2) is 0 Å². The van der Waals surface area contributed by atoms with E-state index in [1.54, 1.807) is 7.11 Å². The summed E-state index contributed by atoms with van der Waals surface area (Å²) in [4.78, 5) is 0. The number of methoxy groups -OCH3 is 1. The van der Waals surface area contributed by atoms with Crippen LogP contribution < -0.4 is 14.8 Å². The maximum absolute atomic E-state index is 6.00. The first-order valence-electron chi connectivity index (χ1n) is 7.22. The van der Waals surface area contributed by atoms with Crippen LogP contribution in [0.3, 0.4) is 0 Å². The van der Waals surface area contributed by atoms with Crippen LogP contribution in [0.25, 0.3) is 0 Å². The topological polar surface area (TPSA) is 30.5 Å². The Balaban J connectivity index is 2.01. The van der Waals surface area contributed by atoms with Crippen molar-refractivity contribution in [3.05, 3.63) is 23.8 Å². The molecule has 1 saturated carbocycles. The molecule has 0 bridgehead atoms. The zero-order valence-corrected chi connectivity index (χ0v) is 12.2. The predicted octanol–water partition coefficient (Wildman–Crippen LogP) is 3.37. The maximum atomic E-state index is 6.00. The van der Waals surface area contributed by atoms with Crippen molar-refractivity contribution in [1.82, 2.24) is 5.32 Å². The number of ether oxygens (including phenoxy) is 2. The first-order valence-corrected chi connectivity index (χ1v) is 7.22. The predicted molar refractivity (Wildman–Crippen MR) is 77.8 cm³/mol. The summed E-state index contributed by atoms with van der Waals surface area (Å²) in [6.07, 6.45) is 3.97. The SMILES string of the molecule is COc1ccc(CNC(C)C)c(OCC2CCC2)c1. The van der Waals surface area contributed by atoms with Gasteiger partial charge in [0.2, 0.25) is 0 Å². The molecule has 3 nitrogen and oxygen atoms in total. The molecule has 0 saturated heterocycles. The van der Waals surface area contributed by atoms with Crippen LogP contribution in [0.5, 0.6) is 11.5 Å². The van der Waals surface area contributed by atoms with E-state index in [1.165, 1.54) is 24.8 Å². The number of hydrogen-bond donors (Lipinski definition) is 1. The lowest BCUT2D eigenvalue weighted by molar-refractivity contribution is 0.179. The lowest BCUT2D eigenvalue weighted by Crippen LogP contribution is -2.23. The third kappa shape index (κ3) is 4.13. The molecule has 2 rings (SSSR count). The van der Waals surface area contributed by atoms with Crippen molar-refractivity contribution in [2.45, 2.75) is 45.7 Å². The summed E-state index contributed by atoms with van der Waals surface area (Å²) in [6.45, 7) is 5.97. The van der Waals surface area contributed by atoms with Crippen molar-refractivity contribution in [3.8, 4) is 11.5 Å². The summed E-state index contributed by atoms with van der Waals surface area (Å²) >= 11 is 0. The summed E-state index contributed by atoms with van der Waals surface area (Å²) in [5, 5.41) is 3.43. The largest absolute Gasteiger partial charge is 0.497 e. The second-order valence-corrected chi connectivity index (χ2v) is 5.62. The van der Waals surface area contributed by atoms with Gasteiger partial charge in [-0.1, -0.05) is 26.3 Å². The van der Waals surface area contributed by atoms with Crippen LogP contribution in [-0.4, -0.2) is 19.8 Å². The van der Waals surface area contributed by atoms with E-state index in [0.717, 1.165) is 30.6 Å². The van der Waals surface area contributed by atoms with E-state index in [9.17, 15) is 0 Å². The molecule has 0 aliphatic heterocycles. The van der Waals surface area contributed by atoms with Gasteiger partial charge in [0, 0.05) is 24.2 Å². The number of hydrogen-bond acceptors (Lipinski definition) is 3. The molecule has 0 radical (unpaired) electrons. The molecule has 0 aromatic heterocycles. The quantitative estimate of drug-likeness (QED) is 0.818. The fourth-order valence-electron chi connectivity index (χ4n) is 2.12. The molecule has 0 atom stereocenters. The summed E-state index contributed by atoms with van der Waals surface area (Å²) in [6, 6.07) is 6.55. The van der Waals surface area contributed by atoms with Gasteiger partial charge in [-0.05, 0) is 24.8 Å². The zero-order chi connectivity index (χ0) is 13.7.